The molecule has 1 heterocycles. The van der Waals surface area contributed by atoms with E-state index in [-0.39, 0.29) is 12.4 Å². The Bertz CT molecular complexity index is 193. The summed E-state index contributed by atoms with van der Waals surface area (Å²) in [6.07, 6.45) is 7.58. The van der Waals surface area contributed by atoms with E-state index in [1.165, 1.54) is 0 Å². The Morgan fingerprint density at radius 1 is 1.67 bits per heavy atom. The fraction of sp³-hybridized carbons (Fsp3) is 0.167. The molecule has 0 amide bonds. The topological polar surface area (TPSA) is 8.81 Å². The van der Waals surface area contributed by atoms with Gasteiger partial charge in [0.2, 0.25) is 6.33 Å². The molecule has 0 fully saturated rings. The van der Waals surface area contributed by atoms with Crippen molar-refractivity contribution < 1.29 is 4.57 Å². The van der Waals surface area contributed by atoms with Gasteiger partial charge >= 0.3 is 0 Å². The number of hydrogen-bond donors (Lipinski definition) is 0. The lowest BCUT2D eigenvalue weighted by Gasteiger charge is -1.74. The second-order valence-corrected chi connectivity index (χ2v) is 1.71. The Morgan fingerprint density at radius 2 is 2.33 bits per heavy atom. The van der Waals surface area contributed by atoms with E-state index in [0.29, 0.717) is 0 Å². The number of nitrogens with zero attached hydrogens (tertiary/aromatic N) is 2. The van der Waals surface area contributed by atoms with Gasteiger partial charge in [0, 0.05) is 0 Å². The molecule has 0 atom stereocenters. The molecule has 2 nitrogen and oxygen atoms in total. The number of aromatic nitrogens is 2. The van der Waals surface area contributed by atoms with Crippen LogP contribution in [0.15, 0.2) is 25.3 Å². The lowest BCUT2D eigenvalue weighted by atomic mass is 10.8. The molecule has 0 saturated carbocycles. The van der Waals surface area contributed by atoms with Crippen molar-refractivity contribution in [2.75, 3.05) is 0 Å². The lowest BCUT2D eigenvalue weighted by Crippen LogP contribution is -2.20. The summed E-state index contributed by atoms with van der Waals surface area (Å²) < 4.78 is 3.85. The molecule has 0 aliphatic rings. The van der Waals surface area contributed by atoms with E-state index in [2.05, 4.69) is 6.58 Å². The summed E-state index contributed by atoms with van der Waals surface area (Å²) >= 11 is 0. The van der Waals surface area contributed by atoms with Crippen LogP contribution in [0.1, 0.15) is 0 Å². The smallest absolute Gasteiger partial charge is 0.239 e. The SMILES string of the molecule is C=C[n+]1ccn(C)c1.Cl. The zero-order chi connectivity index (χ0) is 5.98. The van der Waals surface area contributed by atoms with Gasteiger partial charge in [0.15, 0.2) is 0 Å². The molecule has 1 aromatic heterocycles. The molecule has 1 aromatic rings. The van der Waals surface area contributed by atoms with Crippen molar-refractivity contribution in [3.63, 3.8) is 0 Å². The van der Waals surface area contributed by atoms with Crippen molar-refractivity contribution in [1.29, 1.82) is 0 Å². The Morgan fingerprint density at radius 3 is 2.56 bits per heavy atom. The van der Waals surface area contributed by atoms with Crippen LogP contribution in [0.3, 0.4) is 0 Å². The standard InChI is InChI=1S/C6H9N2.ClH/c1-3-8-5-4-7(2)6-8;/h3-6H,1H2,2H3;1H/q+1;. The Kier molecular flexibility index (Phi) is 3.02. The summed E-state index contributed by atoms with van der Waals surface area (Å²) in [7, 11) is 1.97. The van der Waals surface area contributed by atoms with E-state index >= 15 is 0 Å². The third kappa shape index (κ3) is 1.90. The highest BCUT2D eigenvalue weighted by atomic mass is 35.5. The first kappa shape index (κ1) is 8.24. The molecule has 50 valence electrons. The normalized spacial score (nSPS) is 8.11. The van der Waals surface area contributed by atoms with Crippen molar-refractivity contribution in [2.45, 2.75) is 0 Å². The minimum Gasteiger partial charge on any atom is -0.239 e. The van der Waals surface area contributed by atoms with Gasteiger partial charge in [-0.1, -0.05) is 6.58 Å². The fourth-order valence-electron chi connectivity index (χ4n) is 0.577. The van der Waals surface area contributed by atoms with Crippen LogP contribution in [-0.4, -0.2) is 4.57 Å². The van der Waals surface area contributed by atoms with Crippen LogP contribution in [0.5, 0.6) is 0 Å². The number of halogens is 1. The molecule has 0 bridgehead atoms. The average Bonchev–Trinajstić information content (AvgIpc) is 2.14. The molecule has 0 radical (unpaired) electrons. The molecule has 0 aliphatic heterocycles. The number of hydrogen-bond acceptors (Lipinski definition) is 0. The summed E-state index contributed by atoms with van der Waals surface area (Å²) in [5.41, 5.74) is 0. The highest BCUT2D eigenvalue weighted by Gasteiger charge is 1.90. The van der Waals surface area contributed by atoms with E-state index in [4.69, 9.17) is 0 Å². The first-order valence-corrected chi connectivity index (χ1v) is 2.48. The zero-order valence-corrected chi connectivity index (χ0v) is 6.14. The number of rotatable bonds is 1. The molecule has 0 aromatic carbocycles. The van der Waals surface area contributed by atoms with Gasteiger partial charge in [-0.05, 0) is 0 Å². The van der Waals surface area contributed by atoms with Crippen LogP contribution >= 0.6 is 12.4 Å². The highest BCUT2D eigenvalue weighted by molar-refractivity contribution is 5.85. The van der Waals surface area contributed by atoms with Crippen molar-refractivity contribution in [1.82, 2.24) is 4.57 Å². The average molecular weight is 146 g/mol. The number of imidazole rings is 1. The van der Waals surface area contributed by atoms with Crippen LogP contribution in [0.25, 0.3) is 6.20 Å². The van der Waals surface area contributed by atoms with Crippen LogP contribution in [-0.2, 0) is 7.05 Å². The summed E-state index contributed by atoms with van der Waals surface area (Å²) in [6, 6.07) is 0. The van der Waals surface area contributed by atoms with Crippen LogP contribution < -0.4 is 4.57 Å². The predicted molar refractivity (Wildman–Crippen MR) is 39.2 cm³/mol. The summed E-state index contributed by atoms with van der Waals surface area (Å²) in [6.45, 7) is 3.59. The van der Waals surface area contributed by atoms with Gasteiger partial charge in [0.1, 0.15) is 12.4 Å². The Labute approximate surface area is 60.8 Å². The van der Waals surface area contributed by atoms with E-state index in [9.17, 15) is 0 Å². The van der Waals surface area contributed by atoms with Crippen molar-refractivity contribution in [2.24, 2.45) is 7.05 Å². The van der Waals surface area contributed by atoms with Crippen LogP contribution in [0, 0.1) is 0 Å². The minimum atomic E-state index is 0. The van der Waals surface area contributed by atoms with Gasteiger partial charge in [-0.3, -0.25) is 0 Å². The van der Waals surface area contributed by atoms with E-state index in [1.807, 2.05) is 34.9 Å². The third-order valence-corrected chi connectivity index (χ3v) is 1.00. The van der Waals surface area contributed by atoms with Gasteiger partial charge in [-0.25, -0.2) is 9.13 Å². The van der Waals surface area contributed by atoms with Gasteiger partial charge in [0.05, 0.1) is 13.2 Å². The quantitative estimate of drug-likeness (QED) is 0.518. The summed E-state index contributed by atoms with van der Waals surface area (Å²) in [5.74, 6) is 0. The molecule has 0 aliphatic carbocycles. The maximum atomic E-state index is 3.59. The fourth-order valence-corrected chi connectivity index (χ4v) is 0.577. The first-order chi connectivity index (χ1) is 3.83. The lowest BCUT2D eigenvalue weighted by molar-refractivity contribution is -0.567. The van der Waals surface area contributed by atoms with Gasteiger partial charge in [0.25, 0.3) is 0 Å². The molecule has 0 unspecified atom stereocenters. The predicted octanol–water partition coefficient (Wildman–Crippen LogP) is 0.835. The molecule has 9 heavy (non-hydrogen) atoms. The van der Waals surface area contributed by atoms with Gasteiger partial charge < -0.3 is 0 Å². The highest BCUT2D eigenvalue weighted by Crippen LogP contribution is 1.74. The molecule has 1 rings (SSSR count). The largest absolute Gasteiger partial charge is 0.248 e. The Hall–Kier alpha value is -0.760. The van der Waals surface area contributed by atoms with Gasteiger partial charge in [-0.2, -0.15) is 0 Å². The molecule has 0 spiro atoms. The number of aryl methyl sites for hydroxylation is 1. The Balaban J connectivity index is 0.000000640. The maximum Gasteiger partial charge on any atom is 0.248 e. The third-order valence-electron chi connectivity index (χ3n) is 1.00. The van der Waals surface area contributed by atoms with Crippen molar-refractivity contribution in [3.8, 4) is 0 Å². The van der Waals surface area contributed by atoms with Crippen LogP contribution in [0.4, 0.5) is 0 Å². The monoisotopic (exact) mass is 145 g/mol. The van der Waals surface area contributed by atoms with Crippen molar-refractivity contribution in [3.05, 3.63) is 25.3 Å². The first-order valence-electron chi connectivity index (χ1n) is 2.48. The van der Waals surface area contributed by atoms with Crippen molar-refractivity contribution >= 4 is 18.6 Å². The summed E-state index contributed by atoms with van der Waals surface area (Å²) in [4.78, 5) is 0. The second-order valence-electron chi connectivity index (χ2n) is 1.71. The van der Waals surface area contributed by atoms with Gasteiger partial charge in [-0.15, -0.1) is 12.4 Å². The molecule has 0 N–H and O–H groups in total. The summed E-state index contributed by atoms with van der Waals surface area (Å²) in [5, 5.41) is 0. The maximum absolute atomic E-state index is 3.59. The van der Waals surface area contributed by atoms with E-state index in [0.717, 1.165) is 0 Å². The molecular formula is C6H10ClN2+. The molecule has 3 heteroatoms. The van der Waals surface area contributed by atoms with E-state index in [1.54, 1.807) is 6.20 Å². The van der Waals surface area contributed by atoms with Crippen LogP contribution in [0.2, 0.25) is 0 Å². The second kappa shape index (κ2) is 3.30. The molecular weight excluding hydrogens is 136 g/mol. The minimum absolute atomic E-state index is 0. The molecule has 0 saturated heterocycles. The van der Waals surface area contributed by atoms with E-state index < -0.39 is 0 Å². The zero-order valence-electron chi connectivity index (χ0n) is 5.32.